The number of hydrogen-bond donors (Lipinski definition) is 2. The number of pyridine rings is 1. The summed E-state index contributed by atoms with van der Waals surface area (Å²) in [5, 5.41) is 36.1. The molecule has 9 nitrogen and oxygen atoms in total. The summed E-state index contributed by atoms with van der Waals surface area (Å²) in [6.45, 7) is 6.76. The van der Waals surface area contributed by atoms with E-state index in [2.05, 4.69) is 31.4 Å². The van der Waals surface area contributed by atoms with Crippen LogP contribution in [0.15, 0.2) is 36.7 Å². The van der Waals surface area contributed by atoms with Crippen LogP contribution < -0.4 is 9.64 Å². The summed E-state index contributed by atoms with van der Waals surface area (Å²) in [5.74, 6) is 1.32. The molecule has 3 aromatic heterocycles. The highest BCUT2D eigenvalue weighted by molar-refractivity contribution is 5.94. The van der Waals surface area contributed by atoms with E-state index in [0.717, 1.165) is 52.7 Å². The highest BCUT2D eigenvalue weighted by atomic mass is 16.5. The highest BCUT2D eigenvalue weighted by Crippen LogP contribution is 2.34. The lowest BCUT2D eigenvalue weighted by atomic mass is 10.0. The topological polar surface area (TPSA) is 124 Å². The number of nitrogens with zero attached hydrogens (tertiary/aromatic N) is 6. The maximum absolute atomic E-state index is 9.83. The predicted octanol–water partition coefficient (Wildman–Crippen LogP) is 4.00. The van der Waals surface area contributed by atoms with Gasteiger partial charge in [0.2, 0.25) is 0 Å². The van der Waals surface area contributed by atoms with Crippen molar-refractivity contribution in [2.75, 3.05) is 18.1 Å². The Morgan fingerprint density at radius 1 is 1.29 bits per heavy atom. The molecule has 4 heterocycles. The zero-order chi connectivity index (χ0) is 24.5. The van der Waals surface area contributed by atoms with Crippen molar-refractivity contribution in [1.82, 2.24) is 25.4 Å². The summed E-state index contributed by atoms with van der Waals surface area (Å²) in [7, 11) is 0. The first-order valence-corrected chi connectivity index (χ1v) is 11.7. The zero-order valence-corrected chi connectivity index (χ0v) is 20.0. The largest absolute Gasteiger partial charge is 0.486 e. The monoisotopic (exact) mass is 469 g/mol. The molecule has 1 unspecified atom stereocenters. The molecule has 2 N–H and O–H groups in total. The van der Waals surface area contributed by atoms with Crippen molar-refractivity contribution in [3.05, 3.63) is 59.0 Å². The normalized spacial score (nSPS) is 16.4. The molecule has 1 aliphatic heterocycles. The first-order chi connectivity index (χ1) is 17.0. The highest BCUT2D eigenvalue weighted by Gasteiger charge is 2.27. The molecule has 9 heteroatoms. The molecule has 0 bridgehead atoms. The van der Waals surface area contributed by atoms with Gasteiger partial charge in [0.15, 0.2) is 0 Å². The minimum absolute atomic E-state index is 0.00349. The molecule has 0 saturated carbocycles. The lowest BCUT2D eigenvalue weighted by Crippen LogP contribution is -2.33. The fourth-order valence-corrected chi connectivity index (χ4v) is 4.98. The fourth-order valence-electron chi connectivity index (χ4n) is 4.98. The molecule has 0 spiro atoms. The first kappa shape index (κ1) is 22.7. The maximum Gasteiger partial charge on any atom is 0.146 e. The third-order valence-corrected chi connectivity index (χ3v) is 6.65. The number of anilines is 1. The summed E-state index contributed by atoms with van der Waals surface area (Å²) in [6.07, 6.45) is 5.14. The smallest absolute Gasteiger partial charge is 0.146 e. The minimum atomic E-state index is -0.204. The summed E-state index contributed by atoms with van der Waals surface area (Å²) in [4.78, 5) is 6.64. The molecule has 0 radical (unpaired) electrons. The Morgan fingerprint density at radius 2 is 2.14 bits per heavy atom. The standard InChI is InChI=1S/C26H27N7O2/c1-15-12-29-30-16(2)24(15)17(3)35-21-6-7-23-22(10-21)25(32-31-23)19-9-18(11-27)26(28-13-19)33-8-4-5-20(33)14-34/h6-7,9-10,12-13,17,20,34H,4-5,8,14H2,1-3H3,(H,31,32)/t17?,20-/m1/s1. The Kier molecular flexibility index (Phi) is 6.05. The third kappa shape index (κ3) is 4.17. The van der Waals surface area contributed by atoms with Crippen LogP contribution in [0.4, 0.5) is 5.82 Å². The van der Waals surface area contributed by atoms with Gasteiger partial charge in [-0.25, -0.2) is 4.98 Å². The Morgan fingerprint density at radius 3 is 2.91 bits per heavy atom. The van der Waals surface area contributed by atoms with Crippen molar-refractivity contribution < 1.29 is 9.84 Å². The second kappa shape index (κ2) is 9.31. The van der Waals surface area contributed by atoms with E-state index < -0.39 is 0 Å². The number of hydrogen-bond acceptors (Lipinski definition) is 8. The molecule has 0 aliphatic carbocycles. The number of nitriles is 1. The number of ether oxygens (including phenoxy) is 1. The molecule has 1 saturated heterocycles. The van der Waals surface area contributed by atoms with E-state index >= 15 is 0 Å². The van der Waals surface area contributed by atoms with Crippen LogP contribution in [0.1, 0.15) is 48.3 Å². The fraction of sp³-hybridized carbons (Fsp3) is 0.346. The van der Waals surface area contributed by atoms with Gasteiger partial charge in [-0.3, -0.25) is 5.10 Å². The van der Waals surface area contributed by atoms with Crippen molar-refractivity contribution in [3.63, 3.8) is 0 Å². The second-order valence-corrected chi connectivity index (χ2v) is 8.95. The van der Waals surface area contributed by atoms with Crippen LogP contribution in [0.3, 0.4) is 0 Å². The van der Waals surface area contributed by atoms with E-state index in [1.807, 2.05) is 49.9 Å². The molecule has 5 rings (SSSR count). The lowest BCUT2D eigenvalue weighted by Gasteiger charge is -2.25. The Balaban J connectivity index is 1.48. The van der Waals surface area contributed by atoms with Crippen molar-refractivity contribution in [3.8, 4) is 23.1 Å². The number of H-pyrrole nitrogens is 1. The van der Waals surface area contributed by atoms with E-state index in [4.69, 9.17) is 4.74 Å². The average molecular weight is 470 g/mol. The van der Waals surface area contributed by atoms with Crippen LogP contribution in [0.5, 0.6) is 5.75 Å². The van der Waals surface area contributed by atoms with Gasteiger partial charge in [-0.15, -0.1) is 0 Å². The number of nitrogens with one attached hydrogen (secondary N) is 1. The van der Waals surface area contributed by atoms with Gasteiger partial charge >= 0.3 is 0 Å². The van der Waals surface area contributed by atoms with Gasteiger partial charge in [0.25, 0.3) is 0 Å². The average Bonchev–Trinajstić information content (AvgIpc) is 3.50. The van der Waals surface area contributed by atoms with Gasteiger partial charge in [-0.1, -0.05) is 0 Å². The first-order valence-electron chi connectivity index (χ1n) is 11.7. The Hall–Kier alpha value is -4.03. The number of aromatic amines is 1. The zero-order valence-electron chi connectivity index (χ0n) is 20.0. The van der Waals surface area contributed by atoms with Gasteiger partial charge in [0, 0.05) is 29.3 Å². The summed E-state index contributed by atoms with van der Waals surface area (Å²) >= 11 is 0. The Labute approximate surface area is 203 Å². The Bertz CT molecular complexity index is 1400. The molecule has 1 aromatic carbocycles. The number of rotatable bonds is 6. The minimum Gasteiger partial charge on any atom is -0.486 e. The van der Waals surface area contributed by atoms with Crippen LogP contribution >= 0.6 is 0 Å². The molecule has 178 valence electrons. The summed E-state index contributed by atoms with van der Waals surface area (Å²) < 4.78 is 6.28. The summed E-state index contributed by atoms with van der Waals surface area (Å²) in [6, 6.07) is 9.88. The molecular formula is C26H27N7O2. The van der Waals surface area contributed by atoms with E-state index in [9.17, 15) is 10.4 Å². The molecular weight excluding hydrogens is 442 g/mol. The molecule has 4 aromatic rings. The predicted molar refractivity (Wildman–Crippen MR) is 132 cm³/mol. The van der Waals surface area contributed by atoms with Gasteiger partial charge in [-0.05, 0) is 63.4 Å². The van der Waals surface area contributed by atoms with Crippen LogP contribution in [-0.2, 0) is 0 Å². The van der Waals surface area contributed by atoms with Gasteiger partial charge in [0.05, 0.1) is 35.6 Å². The maximum atomic E-state index is 9.83. The van der Waals surface area contributed by atoms with Crippen LogP contribution in [0.25, 0.3) is 22.2 Å². The van der Waals surface area contributed by atoms with Crippen LogP contribution in [0.2, 0.25) is 0 Å². The van der Waals surface area contributed by atoms with E-state index in [1.165, 1.54) is 0 Å². The number of aromatic nitrogens is 5. The molecule has 1 aliphatic rings. The van der Waals surface area contributed by atoms with Crippen LogP contribution in [0, 0.1) is 25.2 Å². The number of aliphatic hydroxyl groups excluding tert-OH is 1. The number of aliphatic hydroxyl groups is 1. The second-order valence-electron chi connectivity index (χ2n) is 8.95. The quantitative estimate of drug-likeness (QED) is 0.434. The molecule has 35 heavy (non-hydrogen) atoms. The van der Waals surface area contributed by atoms with Gasteiger partial charge in [0.1, 0.15) is 29.4 Å². The van der Waals surface area contributed by atoms with E-state index in [1.54, 1.807) is 12.4 Å². The van der Waals surface area contributed by atoms with Crippen molar-refractivity contribution in [2.45, 2.75) is 45.8 Å². The van der Waals surface area contributed by atoms with Crippen molar-refractivity contribution >= 4 is 16.7 Å². The van der Waals surface area contributed by atoms with Gasteiger partial charge < -0.3 is 14.7 Å². The number of fused-ring (bicyclic) bond motifs is 1. The van der Waals surface area contributed by atoms with Crippen molar-refractivity contribution in [1.29, 1.82) is 5.26 Å². The van der Waals surface area contributed by atoms with Crippen LogP contribution in [-0.4, -0.2) is 49.7 Å². The van der Waals surface area contributed by atoms with E-state index in [0.29, 0.717) is 22.8 Å². The lowest BCUT2D eigenvalue weighted by molar-refractivity contribution is 0.225. The third-order valence-electron chi connectivity index (χ3n) is 6.65. The van der Waals surface area contributed by atoms with E-state index in [-0.39, 0.29) is 18.8 Å². The van der Waals surface area contributed by atoms with Crippen molar-refractivity contribution in [2.24, 2.45) is 0 Å². The van der Waals surface area contributed by atoms with Gasteiger partial charge in [-0.2, -0.15) is 20.6 Å². The SMILES string of the molecule is Cc1cnnc(C)c1C(C)Oc1ccc2[nH]nc(-c3cnc(N4CCC[C@@H]4CO)c(C#N)c3)c2c1. The molecule has 1 fully saturated rings. The number of aryl methyl sites for hydroxylation is 2. The molecule has 0 amide bonds. The molecule has 2 atom stereocenters. The number of benzene rings is 1. The summed E-state index contributed by atoms with van der Waals surface area (Å²) in [5.41, 5.74) is 5.68.